The van der Waals surface area contributed by atoms with Crippen molar-refractivity contribution in [1.82, 2.24) is 0 Å². The number of aliphatic carboxylic acids is 1. The highest BCUT2D eigenvalue weighted by atomic mass is 16.4. The van der Waals surface area contributed by atoms with E-state index in [-0.39, 0.29) is 6.42 Å². The first-order chi connectivity index (χ1) is 20.4. The second-order valence-electron chi connectivity index (χ2n) is 11.3. The molecular weight excluding hydrogens is 524 g/mol. The number of allylic oxidation sites excluding steroid dienone is 20. The fourth-order valence-electron chi connectivity index (χ4n) is 4.09. The number of rotatable bonds is 15. The van der Waals surface area contributed by atoms with Crippen LogP contribution in [0.15, 0.2) is 137 Å². The minimum atomic E-state index is -0.777. The smallest absolute Gasteiger partial charge is 0.307 e. The van der Waals surface area contributed by atoms with Gasteiger partial charge in [0.1, 0.15) is 0 Å². The Bertz CT molecular complexity index is 1420. The van der Waals surface area contributed by atoms with Gasteiger partial charge in [-0.2, -0.15) is 0 Å². The number of hydrogen-bond acceptors (Lipinski definition) is 1. The zero-order valence-corrected chi connectivity index (χ0v) is 27.9. The fourth-order valence-corrected chi connectivity index (χ4v) is 4.09. The third-order valence-corrected chi connectivity index (χ3v) is 6.98. The molecule has 43 heavy (non-hydrogen) atoms. The van der Waals surface area contributed by atoms with Crippen LogP contribution in [0.4, 0.5) is 0 Å². The fraction of sp³-hybridized carbons (Fsp3) is 0.293. The summed E-state index contributed by atoms with van der Waals surface area (Å²) >= 11 is 0. The van der Waals surface area contributed by atoms with Crippen molar-refractivity contribution in [2.45, 2.75) is 81.6 Å². The lowest BCUT2D eigenvalue weighted by Gasteiger charge is -2.08. The molecule has 1 aromatic carbocycles. The van der Waals surface area contributed by atoms with Crippen molar-refractivity contribution in [3.8, 4) is 0 Å². The molecule has 2 heteroatoms. The maximum absolute atomic E-state index is 10.7. The average molecular weight is 577 g/mol. The van der Waals surface area contributed by atoms with Crippen molar-refractivity contribution in [3.63, 3.8) is 0 Å². The molecule has 228 valence electrons. The summed E-state index contributed by atoms with van der Waals surface area (Å²) in [5.41, 5.74) is 12.2. The van der Waals surface area contributed by atoms with E-state index in [2.05, 4.69) is 159 Å². The predicted octanol–water partition coefficient (Wildman–Crippen LogP) is 11.8. The van der Waals surface area contributed by atoms with Crippen LogP contribution >= 0.6 is 0 Å². The van der Waals surface area contributed by atoms with Gasteiger partial charge < -0.3 is 5.11 Å². The lowest BCUT2D eigenvalue weighted by Crippen LogP contribution is -1.94. The largest absolute Gasteiger partial charge is 0.481 e. The van der Waals surface area contributed by atoms with E-state index in [0.717, 1.165) is 18.4 Å². The van der Waals surface area contributed by atoms with Crippen molar-refractivity contribution in [1.29, 1.82) is 0 Å². The standard InChI is InChI=1S/C41H52O2/c1-31(18-12-20-33(3)21-13-22-34(4)23-15-25-36(6)30-41(42)43)16-10-11-17-32(2)19-14-24-35(5)26-29-40-38(8)28-27-37(7)39(40)9/h10-14,16-22,24-29H,15,23,30H2,1-9H3,(H,42,43)/b11-10+,18-12+,19-14+,21-13+,29-26+,31-16+,32-17+,33-20+,34-22+,35-24+,36-25+. The summed E-state index contributed by atoms with van der Waals surface area (Å²) in [6.07, 6.45) is 35.6. The summed E-state index contributed by atoms with van der Waals surface area (Å²) in [5, 5.41) is 8.82. The van der Waals surface area contributed by atoms with E-state index in [9.17, 15) is 4.79 Å². The van der Waals surface area contributed by atoms with Crippen molar-refractivity contribution in [2.75, 3.05) is 0 Å². The quantitative estimate of drug-likeness (QED) is 0.166. The van der Waals surface area contributed by atoms with Crippen LogP contribution in [-0.4, -0.2) is 11.1 Å². The molecular formula is C41H52O2. The van der Waals surface area contributed by atoms with Gasteiger partial charge in [-0.25, -0.2) is 0 Å². The van der Waals surface area contributed by atoms with Gasteiger partial charge in [0.05, 0.1) is 6.42 Å². The van der Waals surface area contributed by atoms with Crippen LogP contribution in [0.25, 0.3) is 6.08 Å². The van der Waals surface area contributed by atoms with E-state index in [1.807, 2.05) is 13.0 Å². The Hall–Kier alpha value is -4.17. The van der Waals surface area contributed by atoms with Crippen LogP contribution in [-0.2, 0) is 4.79 Å². The summed E-state index contributed by atoms with van der Waals surface area (Å²) in [5.74, 6) is -0.777. The first-order valence-corrected chi connectivity index (χ1v) is 15.1. The van der Waals surface area contributed by atoms with Crippen molar-refractivity contribution in [3.05, 3.63) is 159 Å². The van der Waals surface area contributed by atoms with Gasteiger partial charge >= 0.3 is 5.97 Å². The molecule has 0 heterocycles. The molecule has 0 aliphatic carbocycles. The topological polar surface area (TPSA) is 37.3 Å². The highest BCUT2D eigenvalue weighted by Crippen LogP contribution is 2.20. The summed E-state index contributed by atoms with van der Waals surface area (Å²) < 4.78 is 0. The van der Waals surface area contributed by atoms with E-state index in [1.54, 1.807) is 0 Å². The summed E-state index contributed by atoms with van der Waals surface area (Å²) in [6.45, 7) is 18.9. The van der Waals surface area contributed by atoms with Crippen LogP contribution in [0, 0.1) is 20.8 Å². The second kappa shape index (κ2) is 20.7. The van der Waals surface area contributed by atoms with E-state index in [4.69, 9.17) is 5.11 Å². The van der Waals surface area contributed by atoms with Crippen LogP contribution in [0.1, 0.15) is 83.1 Å². The van der Waals surface area contributed by atoms with E-state index >= 15 is 0 Å². The van der Waals surface area contributed by atoms with Crippen LogP contribution in [0.2, 0.25) is 0 Å². The maximum atomic E-state index is 10.7. The lowest BCUT2D eigenvalue weighted by atomic mass is 9.97. The van der Waals surface area contributed by atoms with Crippen LogP contribution in [0.5, 0.6) is 0 Å². The number of benzene rings is 1. The van der Waals surface area contributed by atoms with E-state index < -0.39 is 5.97 Å². The van der Waals surface area contributed by atoms with Gasteiger partial charge in [-0.05, 0) is 97.4 Å². The normalized spacial score (nSPS) is 15.0. The summed E-state index contributed by atoms with van der Waals surface area (Å²) in [6, 6.07) is 4.37. The molecule has 0 amide bonds. The molecule has 0 aliphatic heterocycles. The van der Waals surface area contributed by atoms with Crippen LogP contribution in [0.3, 0.4) is 0 Å². The van der Waals surface area contributed by atoms with Gasteiger partial charge in [0.25, 0.3) is 0 Å². The lowest BCUT2D eigenvalue weighted by molar-refractivity contribution is -0.136. The number of carboxylic acid groups (broad SMARTS) is 1. The molecule has 0 atom stereocenters. The molecule has 0 aromatic heterocycles. The average Bonchev–Trinajstić information content (AvgIpc) is 2.93. The van der Waals surface area contributed by atoms with E-state index in [0.29, 0.717) is 0 Å². The SMILES string of the molecule is CC(/C=C/C=C(C)/C=C/C=C(\C)CC/C=C(\C)CC(=O)O)=C\C=C\C=C(C)\C=C\C=C(C)\C=C\c1c(C)ccc(C)c1C. The minimum absolute atomic E-state index is 0.117. The number of carboxylic acids is 1. The third kappa shape index (κ3) is 17.4. The van der Waals surface area contributed by atoms with Crippen molar-refractivity contribution in [2.24, 2.45) is 0 Å². The van der Waals surface area contributed by atoms with Gasteiger partial charge in [0, 0.05) is 0 Å². The molecule has 1 N–H and O–H groups in total. The van der Waals surface area contributed by atoms with Crippen molar-refractivity contribution >= 4 is 12.0 Å². The van der Waals surface area contributed by atoms with E-state index in [1.165, 1.54) is 50.1 Å². The van der Waals surface area contributed by atoms with Gasteiger partial charge in [-0.1, -0.05) is 143 Å². The van der Waals surface area contributed by atoms with Gasteiger partial charge in [0.2, 0.25) is 0 Å². The second-order valence-corrected chi connectivity index (χ2v) is 11.3. The molecule has 1 rings (SSSR count). The summed E-state index contributed by atoms with van der Waals surface area (Å²) in [4.78, 5) is 10.7. The first-order valence-electron chi connectivity index (χ1n) is 15.1. The van der Waals surface area contributed by atoms with Gasteiger partial charge in [0.15, 0.2) is 0 Å². The zero-order chi connectivity index (χ0) is 32.2. The zero-order valence-electron chi connectivity index (χ0n) is 27.9. The molecule has 0 fully saturated rings. The molecule has 0 saturated carbocycles. The monoisotopic (exact) mass is 576 g/mol. The molecule has 0 spiro atoms. The van der Waals surface area contributed by atoms with Crippen molar-refractivity contribution < 1.29 is 9.90 Å². The molecule has 0 saturated heterocycles. The first kappa shape index (κ1) is 36.9. The molecule has 0 radical (unpaired) electrons. The third-order valence-electron chi connectivity index (χ3n) is 6.98. The maximum Gasteiger partial charge on any atom is 0.307 e. The molecule has 1 aromatic rings. The Morgan fingerprint density at radius 2 is 1.09 bits per heavy atom. The molecule has 0 aliphatic rings. The Balaban J connectivity index is 2.57. The summed E-state index contributed by atoms with van der Waals surface area (Å²) in [7, 11) is 0. The Labute approximate surface area is 262 Å². The Morgan fingerprint density at radius 3 is 1.63 bits per heavy atom. The minimum Gasteiger partial charge on any atom is -0.481 e. The molecule has 0 unspecified atom stereocenters. The van der Waals surface area contributed by atoms with Gasteiger partial charge in [-0.3, -0.25) is 4.79 Å². The number of carbonyl (C=O) groups is 1. The predicted molar refractivity (Wildman–Crippen MR) is 190 cm³/mol. The van der Waals surface area contributed by atoms with Crippen LogP contribution < -0.4 is 0 Å². The Kier molecular flexibility index (Phi) is 17.7. The van der Waals surface area contributed by atoms with Gasteiger partial charge in [-0.15, -0.1) is 0 Å². The Morgan fingerprint density at radius 1 is 0.628 bits per heavy atom. The molecule has 2 nitrogen and oxygen atoms in total. The number of hydrogen-bond donors (Lipinski definition) is 1. The molecule has 0 bridgehead atoms. The highest BCUT2D eigenvalue weighted by molar-refractivity contribution is 5.69. The highest BCUT2D eigenvalue weighted by Gasteiger charge is 2.01. The number of aryl methyl sites for hydroxylation is 2.